The summed E-state index contributed by atoms with van der Waals surface area (Å²) >= 11 is 0. The molecule has 2 aliphatic carbocycles. The van der Waals surface area contributed by atoms with E-state index < -0.39 is 23.2 Å². The van der Waals surface area contributed by atoms with Crippen LogP contribution in [0.1, 0.15) is 53.6 Å². The Morgan fingerprint density at radius 3 is 2.72 bits per heavy atom. The van der Waals surface area contributed by atoms with Gasteiger partial charge in [0.05, 0.1) is 17.7 Å². The summed E-state index contributed by atoms with van der Waals surface area (Å²) in [5, 5.41) is 13.8. The van der Waals surface area contributed by atoms with Crippen molar-refractivity contribution >= 4 is 11.7 Å². The molecule has 0 radical (unpaired) electrons. The van der Waals surface area contributed by atoms with Gasteiger partial charge in [-0.3, -0.25) is 19.5 Å². The maximum absolute atomic E-state index is 12.9. The minimum atomic E-state index is -4.53. The Bertz CT molecular complexity index is 1130. The van der Waals surface area contributed by atoms with Crippen molar-refractivity contribution in [2.45, 2.75) is 49.9 Å². The lowest BCUT2D eigenvalue weighted by atomic mass is 9.77. The molecule has 1 aromatic carbocycles. The van der Waals surface area contributed by atoms with Gasteiger partial charge in [0.1, 0.15) is 0 Å². The zero-order chi connectivity index (χ0) is 25.5. The average molecular weight is 502 g/mol. The first-order chi connectivity index (χ1) is 17.1. The number of fused-ring (bicyclic) bond motifs is 2. The number of halogens is 3. The maximum Gasteiger partial charge on any atom is 0.416 e. The van der Waals surface area contributed by atoms with Gasteiger partial charge in [-0.05, 0) is 74.2 Å². The van der Waals surface area contributed by atoms with E-state index in [2.05, 4.69) is 15.2 Å². The topological polar surface area (TPSA) is 82.5 Å². The van der Waals surface area contributed by atoms with Crippen molar-refractivity contribution in [1.29, 1.82) is 0 Å². The van der Waals surface area contributed by atoms with Crippen LogP contribution < -0.4 is 5.32 Å². The van der Waals surface area contributed by atoms with Crippen LogP contribution in [0, 0.1) is 17.8 Å². The van der Waals surface area contributed by atoms with Gasteiger partial charge in [-0.15, -0.1) is 0 Å². The summed E-state index contributed by atoms with van der Waals surface area (Å²) < 4.78 is 38.6. The number of aliphatic hydroxyl groups is 1. The minimum absolute atomic E-state index is 0.118. The Morgan fingerprint density at radius 2 is 2.03 bits per heavy atom. The summed E-state index contributed by atoms with van der Waals surface area (Å²) in [4.78, 5) is 31.4. The number of likely N-dealkylation sites (tertiary alicyclic amines) is 1. The summed E-state index contributed by atoms with van der Waals surface area (Å²) in [6.07, 6.45) is 2.84. The van der Waals surface area contributed by atoms with Crippen molar-refractivity contribution in [3.05, 3.63) is 65.5 Å². The third kappa shape index (κ3) is 4.91. The molecule has 36 heavy (non-hydrogen) atoms. The second-order valence-electron chi connectivity index (χ2n) is 10.5. The Labute approximate surface area is 207 Å². The number of benzene rings is 1. The number of carbonyl (C=O) groups excluding carboxylic acids is 2. The summed E-state index contributed by atoms with van der Waals surface area (Å²) in [7, 11) is 0. The number of amides is 1. The van der Waals surface area contributed by atoms with E-state index in [0.717, 1.165) is 56.5 Å². The molecule has 6 nitrogen and oxygen atoms in total. The molecule has 1 saturated heterocycles. The molecule has 192 valence electrons. The molecule has 1 aliphatic heterocycles. The molecule has 5 rings (SSSR count). The van der Waals surface area contributed by atoms with Crippen molar-refractivity contribution < 1.29 is 27.9 Å². The second-order valence-corrected chi connectivity index (χ2v) is 10.5. The number of rotatable bonds is 7. The largest absolute Gasteiger partial charge is 0.416 e. The van der Waals surface area contributed by atoms with Gasteiger partial charge in [0.25, 0.3) is 5.91 Å². The van der Waals surface area contributed by atoms with Gasteiger partial charge >= 0.3 is 6.18 Å². The first-order valence-corrected chi connectivity index (χ1v) is 12.5. The molecular formula is C27H30F3N3O3. The first kappa shape index (κ1) is 24.9. The van der Waals surface area contributed by atoms with Crippen molar-refractivity contribution in [1.82, 2.24) is 15.2 Å². The number of carbonyl (C=O) groups is 2. The quantitative estimate of drug-likeness (QED) is 0.603. The lowest BCUT2D eigenvalue weighted by molar-refractivity contribution is -0.137. The predicted molar refractivity (Wildman–Crippen MR) is 126 cm³/mol. The van der Waals surface area contributed by atoms with E-state index in [0.29, 0.717) is 18.4 Å². The van der Waals surface area contributed by atoms with E-state index in [4.69, 9.17) is 0 Å². The number of Topliss-reactive ketones (excluding diaryl/α,β-unsaturated/α-hetero) is 1. The van der Waals surface area contributed by atoms with Crippen LogP contribution in [0.5, 0.6) is 0 Å². The molecule has 2 heterocycles. The average Bonchev–Trinajstić information content (AvgIpc) is 3.57. The van der Waals surface area contributed by atoms with Crippen LogP contribution in [0.3, 0.4) is 0 Å². The highest BCUT2D eigenvalue weighted by Crippen LogP contribution is 2.57. The lowest BCUT2D eigenvalue weighted by Crippen LogP contribution is -2.43. The van der Waals surface area contributed by atoms with E-state index in [9.17, 15) is 27.9 Å². The fourth-order valence-electron chi connectivity index (χ4n) is 6.54. The third-order valence-electron chi connectivity index (χ3n) is 8.27. The number of nitrogens with zero attached hydrogens (tertiary/aromatic N) is 2. The first-order valence-electron chi connectivity index (χ1n) is 12.5. The molecule has 2 bridgehead atoms. The Balaban J connectivity index is 1.09. The standard InChI is InChI=1S/C27H30F3N3O3/c28-27(29,30)20-4-1-3-18(10-20)25(35)32-15-23(34)9-17-6-8-33(16-17)24-12-22-11-19(24)13-26(22,36)21-5-2-7-31-14-21/h1-5,7,10,14,17,19,22,24,36H,6,8-9,11-13,15-16H2,(H,32,35)/t17-,19?,22?,24?,26?/m0/s1. The SMILES string of the molecule is O=C(CNC(=O)c1cccc(C(F)(F)F)c1)C[C@@H]1CCN(C2CC3CC2CC3(O)c2cccnc2)C1. The van der Waals surface area contributed by atoms with Crippen LogP contribution >= 0.6 is 0 Å². The van der Waals surface area contributed by atoms with Gasteiger partial charge in [0.2, 0.25) is 0 Å². The molecule has 2 N–H and O–H groups in total. The maximum atomic E-state index is 12.9. The highest BCUT2D eigenvalue weighted by atomic mass is 19.4. The lowest BCUT2D eigenvalue weighted by Gasteiger charge is -2.39. The van der Waals surface area contributed by atoms with Gasteiger partial charge in [-0.2, -0.15) is 13.2 Å². The normalized spacial score (nSPS) is 30.0. The molecule has 1 aromatic heterocycles. The monoisotopic (exact) mass is 501 g/mol. The molecular weight excluding hydrogens is 471 g/mol. The Morgan fingerprint density at radius 1 is 1.19 bits per heavy atom. The molecule has 4 unspecified atom stereocenters. The Kier molecular flexibility index (Phi) is 6.63. The van der Waals surface area contributed by atoms with Crippen LogP contribution in [-0.2, 0) is 16.6 Å². The van der Waals surface area contributed by atoms with Crippen LogP contribution in [0.2, 0.25) is 0 Å². The fourth-order valence-corrected chi connectivity index (χ4v) is 6.54. The third-order valence-corrected chi connectivity index (χ3v) is 8.27. The predicted octanol–water partition coefficient (Wildman–Crippen LogP) is 3.80. The molecule has 2 aromatic rings. The van der Waals surface area contributed by atoms with E-state index in [1.54, 1.807) is 12.4 Å². The zero-order valence-corrected chi connectivity index (χ0v) is 19.9. The van der Waals surface area contributed by atoms with Crippen molar-refractivity contribution in [2.24, 2.45) is 17.8 Å². The summed E-state index contributed by atoms with van der Waals surface area (Å²) in [5.41, 5.74) is -0.922. The number of ketones is 1. The van der Waals surface area contributed by atoms with E-state index in [-0.39, 0.29) is 29.7 Å². The highest BCUT2D eigenvalue weighted by molar-refractivity contribution is 5.96. The highest BCUT2D eigenvalue weighted by Gasteiger charge is 2.56. The van der Waals surface area contributed by atoms with Gasteiger partial charge in [-0.1, -0.05) is 12.1 Å². The van der Waals surface area contributed by atoms with Crippen LogP contribution in [-0.4, -0.2) is 52.4 Å². The van der Waals surface area contributed by atoms with Crippen LogP contribution in [0.15, 0.2) is 48.8 Å². The summed E-state index contributed by atoms with van der Waals surface area (Å²) in [6.45, 7) is 1.53. The number of alkyl halides is 3. The number of aromatic nitrogens is 1. The number of hydrogen-bond donors (Lipinski definition) is 2. The van der Waals surface area contributed by atoms with Crippen molar-refractivity contribution in [3.63, 3.8) is 0 Å². The van der Waals surface area contributed by atoms with E-state index >= 15 is 0 Å². The van der Waals surface area contributed by atoms with Crippen molar-refractivity contribution in [2.75, 3.05) is 19.6 Å². The summed E-state index contributed by atoms with van der Waals surface area (Å²) in [6, 6.07) is 8.40. The molecule has 2 saturated carbocycles. The van der Waals surface area contributed by atoms with E-state index in [1.165, 1.54) is 12.1 Å². The van der Waals surface area contributed by atoms with E-state index in [1.807, 2.05) is 12.1 Å². The van der Waals surface area contributed by atoms with Crippen LogP contribution in [0.4, 0.5) is 13.2 Å². The molecule has 3 aliphatic rings. The number of pyridine rings is 1. The molecule has 5 atom stereocenters. The number of hydrogen-bond acceptors (Lipinski definition) is 5. The smallest absolute Gasteiger partial charge is 0.385 e. The molecule has 1 amide bonds. The van der Waals surface area contributed by atoms with Crippen LogP contribution in [0.25, 0.3) is 0 Å². The molecule has 9 heteroatoms. The summed E-state index contributed by atoms with van der Waals surface area (Å²) in [5.74, 6) is 0.01000. The van der Waals surface area contributed by atoms with Gasteiger partial charge in [-0.25, -0.2) is 0 Å². The van der Waals surface area contributed by atoms with Gasteiger partial charge in [0, 0.05) is 42.5 Å². The minimum Gasteiger partial charge on any atom is -0.385 e. The fraction of sp³-hybridized carbons (Fsp3) is 0.519. The van der Waals surface area contributed by atoms with Gasteiger partial charge in [0.15, 0.2) is 5.78 Å². The molecule has 3 fully saturated rings. The zero-order valence-electron chi connectivity index (χ0n) is 19.9. The molecule has 0 spiro atoms. The van der Waals surface area contributed by atoms with Gasteiger partial charge < -0.3 is 10.4 Å². The number of nitrogens with one attached hydrogen (secondary N) is 1. The Hall–Kier alpha value is -2.78. The van der Waals surface area contributed by atoms with Crippen molar-refractivity contribution in [3.8, 4) is 0 Å². The second kappa shape index (κ2) is 9.59.